The molecule has 28 heavy (non-hydrogen) atoms. The van der Waals surface area contributed by atoms with Gasteiger partial charge in [0.2, 0.25) is 15.9 Å². The minimum Gasteiger partial charge on any atom is -0.497 e. The SMILES string of the molecule is CC[C@H](NC(=O)[C@H](C)N(c1cccc(OC)c1)S(C)(=O)=O)c1ccc(C)cc1. The lowest BCUT2D eigenvalue weighted by atomic mass is 10.0. The van der Waals surface area contributed by atoms with E-state index in [0.29, 0.717) is 17.9 Å². The van der Waals surface area contributed by atoms with Crippen molar-refractivity contribution in [2.24, 2.45) is 0 Å². The molecular formula is C21H28N2O4S. The zero-order valence-corrected chi connectivity index (χ0v) is 17.8. The van der Waals surface area contributed by atoms with Gasteiger partial charge in [0.05, 0.1) is 25.1 Å². The quantitative estimate of drug-likeness (QED) is 0.731. The fourth-order valence-corrected chi connectivity index (χ4v) is 4.24. The van der Waals surface area contributed by atoms with Crippen LogP contribution in [0, 0.1) is 6.92 Å². The molecule has 0 spiro atoms. The van der Waals surface area contributed by atoms with Crippen molar-refractivity contribution in [3.05, 3.63) is 59.7 Å². The second-order valence-electron chi connectivity index (χ2n) is 6.82. The van der Waals surface area contributed by atoms with Crippen LogP contribution < -0.4 is 14.4 Å². The van der Waals surface area contributed by atoms with E-state index in [1.807, 2.05) is 38.1 Å². The zero-order chi connectivity index (χ0) is 20.9. The summed E-state index contributed by atoms with van der Waals surface area (Å²) in [6, 6.07) is 13.5. The number of sulfonamides is 1. The third kappa shape index (κ3) is 5.25. The van der Waals surface area contributed by atoms with Gasteiger partial charge in [-0.15, -0.1) is 0 Å². The van der Waals surface area contributed by atoms with E-state index in [2.05, 4.69) is 5.32 Å². The number of nitrogens with zero attached hydrogens (tertiary/aromatic N) is 1. The molecule has 0 fully saturated rings. The normalized spacial score (nSPS) is 13.5. The summed E-state index contributed by atoms with van der Waals surface area (Å²) >= 11 is 0. The molecule has 0 saturated carbocycles. The van der Waals surface area contributed by atoms with E-state index >= 15 is 0 Å². The Kier molecular flexibility index (Phi) is 7.07. The lowest BCUT2D eigenvalue weighted by Gasteiger charge is -2.30. The summed E-state index contributed by atoms with van der Waals surface area (Å²) in [4.78, 5) is 12.9. The van der Waals surface area contributed by atoms with Gasteiger partial charge in [-0.3, -0.25) is 9.10 Å². The Morgan fingerprint density at radius 2 is 1.82 bits per heavy atom. The highest BCUT2D eigenvalue weighted by Gasteiger charge is 2.30. The number of rotatable bonds is 8. The van der Waals surface area contributed by atoms with Gasteiger partial charge in [-0.05, 0) is 38.0 Å². The summed E-state index contributed by atoms with van der Waals surface area (Å²) in [6.07, 6.45) is 1.78. The molecule has 0 saturated heterocycles. The Balaban J connectivity index is 2.29. The average Bonchev–Trinajstić information content (AvgIpc) is 2.65. The highest BCUT2D eigenvalue weighted by Crippen LogP contribution is 2.26. The number of hydrogen-bond acceptors (Lipinski definition) is 4. The number of hydrogen-bond donors (Lipinski definition) is 1. The number of carbonyl (C=O) groups is 1. The van der Waals surface area contributed by atoms with Crippen LogP contribution in [0.4, 0.5) is 5.69 Å². The Hall–Kier alpha value is -2.54. The van der Waals surface area contributed by atoms with E-state index in [-0.39, 0.29) is 11.9 Å². The first-order chi connectivity index (χ1) is 13.2. The van der Waals surface area contributed by atoms with Crippen molar-refractivity contribution < 1.29 is 17.9 Å². The van der Waals surface area contributed by atoms with E-state index in [9.17, 15) is 13.2 Å². The van der Waals surface area contributed by atoms with Crippen LogP contribution in [0.5, 0.6) is 5.75 Å². The van der Waals surface area contributed by atoms with Gasteiger partial charge in [0.1, 0.15) is 11.8 Å². The van der Waals surface area contributed by atoms with Crippen molar-refractivity contribution in [2.45, 2.75) is 39.3 Å². The van der Waals surface area contributed by atoms with Crippen molar-refractivity contribution in [3.8, 4) is 5.75 Å². The lowest BCUT2D eigenvalue weighted by Crippen LogP contribution is -2.48. The second-order valence-corrected chi connectivity index (χ2v) is 8.68. The van der Waals surface area contributed by atoms with Crippen molar-refractivity contribution in [3.63, 3.8) is 0 Å². The highest BCUT2D eigenvalue weighted by molar-refractivity contribution is 7.92. The van der Waals surface area contributed by atoms with Crippen molar-refractivity contribution >= 4 is 21.6 Å². The Morgan fingerprint density at radius 1 is 1.18 bits per heavy atom. The minimum atomic E-state index is -3.68. The maximum absolute atomic E-state index is 12.9. The smallest absolute Gasteiger partial charge is 0.244 e. The fourth-order valence-electron chi connectivity index (χ4n) is 3.07. The summed E-state index contributed by atoms with van der Waals surface area (Å²) < 4.78 is 31.2. The number of ether oxygens (including phenoxy) is 1. The predicted molar refractivity (Wildman–Crippen MR) is 112 cm³/mol. The van der Waals surface area contributed by atoms with Crippen molar-refractivity contribution in [1.82, 2.24) is 5.32 Å². The number of methoxy groups -OCH3 is 1. The van der Waals surface area contributed by atoms with E-state index in [1.165, 1.54) is 7.11 Å². The first kappa shape index (κ1) is 21.8. The van der Waals surface area contributed by atoms with Crippen molar-refractivity contribution in [2.75, 3.05) is 17.7 Å². The molecule has 0 bridgehead atoms. The maximum Gasteiger partial charge on any atom is 0.244 e. The topological polar surface area (TPSA) is 75.7 Å². The van der Waals surface area contributed by atoms with Crippen LogP contribution >= 0.6 is 0 Å². The van der Waals surface area contributed by atoms with Gasteiger partial charge in [0.15, 0.2) is 0 Å². The molecule has 0 radical (unpaired) electrons. The number of carbonyl (C=O) groups excluding carboxylic acids is 1. The van der Waals surface area contributed by atoms with Gasteiger partial charge >= 0.3 is 0 Å². The number of amides is 1. The molecule has 2 rings (SSSR count). The molecule has 0 heterocycles. The summed E-state index contributed by atoms with van der Waals surface area (Å²) in [5.41, 5.74) is 2.51. The Morgan fingerprint density at radius 3 is 2.36 bits per heavy atom. The molecule has 0 aromatic heterocycles. The Bertz CT molecular complexity index is 910. The molecule has 6 nitrogen and oxygen atoms in total. The van der Waals surface area contributed by atoms with Gasteiger partial charge in [-0.2, -0.15) is 0 Å². The van der Waals surface area contributed by atoms with E-state index in [0.717, 1.165) is 21.7 Å². The number of anilines is 1. The van der Waals surface area contributed by atoms with Crippen LogP contribution in [-0.4, -0.2) is 33.7 Å². The van der Waals surface area contributed by atoms with Crippen LogP contribution in [0.1, 0.15) is 37.4 Å². The molecule has 1 amide bonds. The van der Waals surface area contributed by atoms with Crippen LogP contribution in [-0.2, 0) is 14.8 Å². The predicted octanol–water partition coefficient (Wildman–Crippen LogP) is 3.43. The molecule has 0 aliphatic rings. The van der Waals surface area contributed by atoms with Gasteiger partial charge in [0, 0.05) is 6.07 Å². The number of benzene rings is 2. The molecule has 2 aromatic carbocycles. The largest absolute Gasteiger partial charge is 0.497 e. The molecule has 2 atom stereocenters. The van der Waals surface area contributed by atoms with Crippen molar-refractivity contribution in [1.29, 1.82) is 0 Å². The minimum absolute atomic E-state index is 0.192. The molecule has 0 aliphatic carbocycles. The summed E-state index contributed by atoms with van der Waals surface area (Å²) in [7, 11) is -2.18. The van der Waals surface area contributed by atoms with E-state index in [4.69, 9.17) is 4.74 Å². The van der Waals surface area contributed by atoms with Crippen LogP contribution in [0.15, 0.2) is 48.5 Å². The van der Waals surface area contributed by atoms with Gasteiger partial charge in [0.25, 0.3) is 0 Å². The van der Waals surface area contributed by atoms with Crippen LogP contribution in [0.25, 0.3) is 0 Å². The van der Waals surface area contributed by atoms with Gasteiger partial charge in [-0.1, -0.05) is 42.8 Å². The fraction of sp³-hybridized carbons (Fsp3) is 0.381. The van der Waals surface area contributed by atoms with Gasteiger partial charge < -0.3 is 10.1 Å². The standard InChI is InChI=1S/C21H28N2O4S/c1-6-20(17-12-10-15(2)11-13-17)22-21(24)16(3)23(28(5,25)26)18-8-7-9-19(14-18)27-4/h7-14,16,20H,6H2,1-5H3,(H,22,24)/t16-,20-/m0/s1. The average molecular weight is 405 g/mol. The number of aryl methyl sites for hydroxylation is 1. The summed E-state index contributed by atoms with van der Waals surface area (Å²) in [5.74, 6) is 0.158. The summed E-state index contributed by atoms with van der Waals surface area (Å²) in [6.45, 7) is 5.56. The zero-order valence-electron chi connectivity index (χ0n) is 17.0. The third-order valence-corrected chi connectivity index (χ3v) is 5.84. The molecule has 1 N–H and O–H groups in total. The molecular weight excluding hydrogens is 376 g/mol. The maximum atomic E-state index is 12.9. The monoisotopic (exact) mass is 404 g/mol. The molecule has 2 aromatic rings. The lowest BCUT2D eigenvalue weighted by molar-refractivity contribution is -0.122. The first-order valence-corrected chi connectivity index (χ1v) is 11.0. The molecule has 0 aliphatic heterocycles. The second kappa shape index (κ2) is 9.10. The van der Waals surface area contributed by atoms with Gasteiger partial charge in [-0.25, -0.2) is 8.42 Å². The Labute approximate surface area is 167 Å². The molecule has 152 valence electrons. The molecule has 7 heteroatoms. The third-order valence-electron chi connectivity index (χ3n) is 4.60. The van der Waals surface area contributed by atoms with Crippen LogP contribution in [0.3, 0.4) is 0 Å². The highest BCUT2D eigenvalue weighted by atomic mass is 32.2. The summed E-state index contributed by atoms with van der Waals surface area (Å²) in [5, 5.41) is 2.98. The van der Waals surface area contributed by atoms with Crippen LogP contribution in [0.2, 0.25) is 0 Å². The number of nitrogens with one attached hydrogen (secondary N) is 1. The van der Waals surface area contributed by atoms with E-state index < -0.39 is 16.1 Å². The first-order valence-electron chi connectivity index (χ1n) is 9.17. The van der Waals surface area contributed by atoms with E-state index in [1.54, 1.807) is 31.2 Å². The molecule has 0 unspecified atom stereocenters.